The van der Waals surface area contributed by atoms with E-state index in [-0.39, 0.29) is 0 Å². The van der Waals surface area contributed by atoms with Crippen LogP contribution in [0, 0.1) is 0 Å². The molecule has 0 unspecified atom stereocenters. The van der Waals surface area contributed by atoms with E-state index in [0.29, 0.717) is 5.82 Å². The highest BCUT2D eigenvalue weighted by Crippen LogP contribution is 2.38. The molecule has 46 heavy (non-hydrogen) atoms. The van der Waals surface area contributed by atoms with E-state index in [1.807, 2.05) is 12.1 Å². The van der Waals surface area contributed by atoms with Crippen LogP contribution in [0.3, 0.4) is 0 Å². The van der Waals surface area contributed by atoms with E-state index in [9.17, 15) is 0 Å². The van der Waals surface area contributed by atoms with E-state index >= 15 is 0 Å². The van der Waals surface area contributed by atoms with Gasteiger partial charge in [0, 0.05) is 38.2 Å². The Hall–Kier alpha value is -6.19. The van der Waals surface area contributed by atoms with E-state index in [2.05, 4.69) is 152 Å². The van der Waals surface area contributed by atoms with Crippen molar-refractivity contribution in [1.29, 1.82) is 0 Å². The number of para-hydroxylation sites is 2. The predicted octanol–water partition coefficient (Wildman–Crippen LogP) is 11.2. The second-order valence-corrected chi connectivity index (χ2v) is 11.6. The molecule has 0 bridgehead atoms. The molecule has 0 saturated heterocycles. The third-order valence-corrected chi connectivity index (χ3v) is 8.88. The minimum atomic E-state index is 0.711. The zero-order valence-electron chi connectivity index (χ0n) is 24.9. The molecule has 2 aromatic heterocycles. The third kappa shape index (κ3) is 4.41. The lowest BCUT2D eigenvalue weighted by Gasteiger charge is -2.14. The number of benzene rings is 7. The number of aromatic nitrogens is 3. The average molecular weight is 586 g/mol. The third-order valence-electron chi connectivity index (χ3n) is 8.88. The van der Waals surface area contributed by atoms with Crippen LogP contribution < -0.4 is 0 Å². The zero-order chi connectivity index (χ0) is 30.5. The zero-order valence-corrected chi connectivity index (χ0v) is 24.9. The van der Waals surface area contributed by atoms with Crippen molar-refractivity contribution >= 4 is 43.5 Å². The summed E-state index contributed by atoms with van der Waals surface area (Å²) < 4.78 is 0. The molecule has 0 aliphatic carbocycles. The lowest BCUT2D eigenvalue weighted by atomic mass is 9.93. The Labute approximate surface area is 266 Å². The Morgan fingerprint density at radius 2 is 0.870 bits per heavy atom. The summed E-state index contributed by atoms with van der Waals surface area (Å²) in [5, 5.41) is 5.68. The van der Waals surface area contributed by atoms with E-state index < -0.39 is 0 Å². The largest absolute Gasteiger partial charge is 0.247 e. The molecule has 2 heterocycles. The fraction of sp³-hybridized carbons (Fsp3) is 0. The highest BCUT2D eigenvalue weighted by molar-refractivity contribution is 6.16. The Morgan fingerprint density at radius 1 is 0.304 bits per heavy atom. The molecule has 0 amide bonds. The van der Waals surface area contributed by atoms with Crippen molar-refractivity contribution in [2.24, 2.45) is 0 Å². The van der Waals surface area contributed by atoms with Gasteiger partial charge in [-0.1, -0.05) is 152 Å². The second-order valence-electron chi connectivity index (χ2n) is 11.6. The first kappa shape index (κ1) is 26.2. The molecule has 0 radical (unpaired) electrons. The fourth-order valence-corrected chi connectivity index (χ4v) is 6.60. The molecule has 0 fully saturated rings. The minimum absolute atomic E-state index is 0.711. The van der Waals surface area contributed by atoms with Gasteiger partial charge in [0.15, 0.2) is 5.82 Å². The number of rotatable bonds is 4. The van der Waals surface area contributed by atoms with Gasteiger partial charge in [0.05, 0.1) is 22.2 Å². The molecule has 0 saturated carbocycles. The van der Waals surface area contributed by atoms with Crippen LogP contribution in [0.15, 0.2) is 164 Å². The summed E-state index contributed by atoms with van der Waals surface area (Å²) >= 11 is 0. The Balaban J connectivity index is 1.17. The second kappa shape index (κ2) is 10.8. The van der Waals surface area contributed by atoms with Crippen LogP contribution in [0.25, 0.3) is 88.4 Å². The first-order valence-corrected chi connectivity index (χ1v) is 15.5. The van der Waals surface area contributed by atoms with Gasteiger partial charge in [-0.15, -0.1) is 0 Å². The summed E-state index contributed by atoms with van der Waals surface area (Å²) in [6, 6.07) is 57.3. The van der Waals surface area contributed by atoms with Crippen molar-refractivity contribution in [1.82, 2.24) is 15.0 Å². The first-order valence-electron chi connectivity index (χ1n) is 15.5. The van der Waals surface area contributed by atoms with E-state index in [4.69, 9.17) is 15.0 Å². The number of pyridine rings is 1. The van der Waals surface area contributed by atoms with E-state index in [1.54, 1.807) is 0 Å². The maximum Gasteiger partial charge on any atom is 0.160 e. The van der Waals surface area contributed by atoms with Crippen molar-refractivity contribution in [3.63, 3.8) is 0 Å². The maximum atomic E-state index is 5.16. The van der Waals surface area contributed by atoms with E-state index in [0.717, 1.165) is 60.5 Å². The standard InChI is InChI=1S/C43H27N3/c1-2-10-28(11-3-1)29-18-22-32(23-19-29)41-36-15-7-9-17-39(36)45-43(46-41)33-24-20-31(21-25-33)40-35-14-6-8-16-38(35)44-42-34-13-5-4-12-30(34)26-27-37(40)42/h1-27H. The van der Waals surface area contributed by atoms with Gasteiger partial charge in [0.1, 0.15) is 0 Å². The van der Waals surface area contributed by atoms with Gasteiger partial charge in [-0.05, 0) is 34.2 Å². The van der Waals surface area contributed by atoms with Crippen molar-refractivity contribution in [2.45, 2.75) is 0 Å². The van der Waals surface area contributed by atoms with Crippen LogP contribution in [-0.2, 0) is 0 Å². The van der Waals surface area contributed by atoms with Crippen LogP contribution in [0.4, 0.5) is 0 Å². The summed E-state index contributed by atoms with van der Waals surface area (Å²) in [7, 11) is 0. The molecular weight excluding hydrogens is 558 g/mol. The average Bonchev–Trinajstić information content (AvgIpc) is 3.14. The van der Waals surface area contributed by atoms with Gasteiger partial charge >= 0.3 is 0 Å². The molecule has 0 aliphatic rings. The normalized spacial score (nSPS) is 11.5. The molecule has 7 aromatic carbocycles. The van der Waals surface area contributed by atoms with Crippen LogP contribution in [-0.4, -0.2) is 15.0 Å². The highest BCUT2D eigenvalue weighted by Gasteiger charge is 2.15. The Kier molecular flexibility index (Phi) is 6.14. The SMILES string of the molecule is c1ccc(-c2ccc(-c3nc(-c4ccc(-c5c6ccccc6nc6c5ccc5ccccc56)cc4)nc4ccccc34)cc2)cc1. The molecule has 9 rings (SSSR count). The highest BCUT2D eigenvalue weighted by atomic mass is 14.9. The van der Waals surface area contributed by atoms with Crippen molar-refractivity contribution in [3.05, 3.63) is 164 Å². The lowest BCUT2D eigenvalue weighted by molar-refractivity contribution is 1.23. The molecule has 0 atom stereocenters. The molecule has 9 aromatic rings. The minimum Gasteiger partial charge on any atom is -0.247 e. The number of hydrogen-bond acceptors (Lipinski definition) is 3. The maximum absolute atomic E-state index is 5.16. The Morgan fingerprint density at radius 3 is 1.65 bits per heavy atom. The van der Waals surface area contributed by atoms with Gasteiger partial charge < -0.3 is 0 Å². The van der Waals surface area contributed by atoms with Gasteiger partial charge in [-0.2, -0.15) is 0 Å². The molecule has 3 heteroatoms. The Bertz CT molecular complexity index is 2550. The van der Waals surface area contributed by atoms with Crippen LogP contribution >= 0.6 is 0 Å². The van der Waals surface area contributed by atoms with Crippen molar-refractivity contribution in [3.8, 4) is 44.9 Å². The van der Waals surface area contributed by atoms with Crippen molar-refractivity contribution in [2.75, 3.05) is 0 Å². The van der Waals surface area contributed by atoms with E-state index in [1.165, 1.54) is 22.1 Å². The monoisotopic (exact) mass is 585 g/mol. The number of nitrogens with zero attached hydrogens (tertiary/aromatic N) is 3. The summed E-state index contributed by atoms with van der Waals surface area (Å²) in [6.07, 6.45) is 0. The lowest BCUT2D eigenvalue weighted by Crippen LogP contribution is -1.95. The summed E-state index contributed by atoms with van der Waals surface area (Å²) in [5.41, 5.74) is 10.6. The quantitative estimate of drug-likeness (QED) is 0.152. The topological polar surface area (TPSA) is 38.7 Å². The molecule has 0 aliphatic heterocycles. The van der Waals surface area contributed by atoms with Gasteiger partial charge in [0.2, 0.25) is 0 Å². The number of fused-ring (bicyclic) bond motifs is 5. The molecule has 214 valence electrons. The summed E-state index contributed by atoms with van der Waals surface area (Å²) in [6.45, 7) is 0. The smallest absolute Gasteiger partial charge is 0.160 e. The van der Waals surface area contributed by atoms with Gasteiger partial charge in [-0.25, -0.2) is 15.0 Å². The fourth-order valence-electron chi connectivity index (χ4n) is 6.60. The predicted molar refractivity (Wildman–Crippen MR) is 192 cm³/mol. The summed E-state index contributed by atoms with van der Waals surface area (Å²) in [5.74, 6) is 0.711. The molecule has 0 N–H and O–H groups in total. The van der Waals surface area contributed by atoms with Gasteiger partial charge in [-0.3, -0.25) is 0 Å². The molecule has 0 spiro atoms. The van der Waals surface area contributed by atoms with Gasteiger partial charge in [0.25, 0.3) is 0 Å². The van der Waals surface area contributed by atoms with Crippen LogP contribution in [0.1, 0.15) is 0 Å². The number of hydrogen-bond donors (Lipinski definition) is 0. The van der Waals surface area contributed by atoms with Crippen LogP contribution in [0.5, 0.6) is 0 Å². The molecule has 3 nitrogen and oxygen atoms in total. The van der Waals surface area contributed by atoms with Crippen LogP contribution in [0.2, 0.25) is 0 Å². The molecular formula is C43H27N3. The first-order chi connectivity index (χ1) is 22.8. The summed E-state index contributed by atoms with van der Waals surface area (Å²) in [4.78, 5) is 15.3. The van der Waals surface area contributed by atoms with Crippen molar-refractivity contribution < 1.29 is 0 Å².